The van der Waals surface area contributed by atoms with Crippen LogP contribution in [0, 0.1) is 0 Å². The molecule has 1 aromatic heterocycles. The molecule has 6 heteroatoms. The maximum Gasteiger partial charge on any atom is 0.251 e. The minimum Gasteiger partial charge on any atom is -0.497 e. The van der Waals surface area contributed by atoms with E-state index in [1.807, 2.05) is 55.6 Å². The third-order valence-corrected chi connectivity index (χ3v) is 5.52. The number of nitrogens with one attached hydrogen (secondary N) is 2. The van der Waals surface area contributed by atoms with Crippen LogP contribution in [0.15, 0.2) is 48.7 Å². The Kier molecular flexibility index (Phi) is 5.36. The smallest absolute Gasteiger partial charge is 0.251 e. The highest BCUT2D eigenvalue weighted by Gasteiger charge is 2.39. The maximum absolute atomic E-state index is 12.9. The molecule has 0 saturated carbocycles. The number of para-hydroxylation sites is 1. The molecule has 1 saturated heterocycles. The lowest BCUT2D eigenvalue weighted by Gasteiger charge is -2.18. The lowest BCUT2D eigenvalue weighted by molar-refractivity contribution is -0.121. The number of aromatic nitrogens is 1. The van der Waals surface area contributed by atoms with Gasteiger partial charge >= 0.3 is 0 Å². The Hall–Kier alpha value is -3.12. The van der Waals surface area contributed by atoms with Gasteiger partial charge in [0.1, 0.15) is 5.75 Å². The van der Waals surface area contributed by atoms with Gasteiger partial charge in [0, 0.05) is 23.6 Å². The van der Waals surface area contributed by atoms with Crippen LogP contribution < -0.4 is 15.0 Å². The van der Waals surface area contributed by atoms with Crippen molar-refractivity contribution in [3.63, 3.8) is 0 Å². The van der Waals surface area contributed by atoms with Crippen LogP contribution in [0.2, 0.25) is 0 Å². The average molecular weight is 391 g/mol. The highest BCUT2D eigenvalue weighted by molar-refractivity contribution is 6.22. The molecule has 0 aliphatic carbocycles. The molecule has 0 unspecified atom stereocenters. The summed E-state index contributed by atoms with van der Waals surface area (Å²) < 4.78 is 5.31. The number of aryl methyl sites for hydroxylation is 1. The molecule has 1 aliphatic rings. The molecule has 4 rings (SSSR count). The molecule has 0 bridgehead atoms. The van der Waals surface area contributed by atoms with Crippen LogP contribution in [0.25, 0.3) is 10.9 Å². The lowest BCUT2D eigenvalue weighted by atomic mass is 10.1. The number of benzene rings is 2. The van der Waals surface area contributed by atoms with Crippen molar-refractivity contribution in [3.05, 3.63) is 59.8 Å². The summed E-state index contributed by atoms with van der Waals surface area (Å²) in [6, 6.07) is 13.0. The van der Waals surface area contributed by atoms with Crippen LogP contribution in [0.4, 0.5) is 5.69 Å². The van der Waals surface area contributed by atoms with Gasteiger partial charge in [0.25, 0.3) is 5.91 Å². The van der Waals surface area contributed by atoms with Gasteiger partial charge in [0.15, 0.2) is 0 Å². The van der Waals surface area contributed by atoms with E-state index in [-0.39, 0.29) is 18.2 Å². The standard InChI is InChI=1S/C23H25N3O3/c1-3-15-6-4-5-7-21(15)26-22(27)13-20(23(26)28)24-11-10-16-14-25-19-9-8-17(29-2)12-18(16)19/h4-9,12,14,20,24-25H,3,10-11,13H2,1-2H3/t20-/m0/s1. The molecule has 2 N–H and O–H groups in total. The zero-order valence-corrected chi connectivity index (χ0v) is 16.7. The van der Waals surface area contributed by atoms with E-state index in [9.17, 15) is 9.59 Å². The third-order valence-electron chi connectivity index (χ3n) is 5.52. The van der Waals surface area contributed by atoms with E-state index in [2.05, 4.69) is 10.3 Å². The quantitative estimate of drug-likeness (QED) is 0.607. The Morgan fingerprint density at radius 2 is 2.00 bits per heavy atom. The van der Waals surface area contributed by atoms with E-state index >= 15 is 0 Å². The van der Waals surface area contributed by atoms with Crippen molar-refractivity contribution >= 4 is 28.4 Å². The number of fused-ring (bicyclic) bond motifs is 1. The Balaban J connectivity index is 1.43. The SMILES string of the molecule is CCc1ccccc1N1C(=O)C[C@H](NCCc2c[nH]c3ccc(OC)cc23)C1=O. The Morgan fingerprint density at radius 3 is 2.79 bits per heavy atom. The van der Waals surface area contributed by atoms with Gasteiger partial charge in [-0.25, -0.2) is 4.90 Å². The van der Waals surface area contributed by atoms with Gasteiger partial charge in [-0.15, -0.1) is 0 Å². The number of imide groups is 1. The second kappa shape index (κ2) is 8.09. The van der Waals surface area contributed by atoms with Gasteiger partial charge in [0.2, 0.25) is 5.91 Å². The summed E-state index contributed by atoms with van der Waals surface area (Å²) in [7, 11) is 1.65. The minimum atomic E-state index is -0.479. The monoisotopic (exact) mass is 391 g/mol. The first kappa shape index (κ1) is 19.2. The molecule has 1 aliphatic heterocycles. The van der Waals surface area contributed by atoms with Crippen LogP contribution >= 0.6 is 0 Å². The van der Waals surface area contributed by atoms with Gasteiger partial charge < -0.3 is 15.0 Å². The summed E-state index contributed by atoms with van der Waals surface area (Å²) in [5, 5.41) is 4.38. The molecule has 150 valence electrons. The number of H-pyrrole nitrogens is 1. The molecule has 0 spiro atoms. The van der Waals surface area contributed by atoms with Gasteiger partial charge in [-0.1, -0.05) is 25.1 Å². The second-order valence-corrected chi connectivity index (χ2v) is 7.24. The third kappa shape index (κ3) is 3.63. The summed E-state index contributed by atoms with van der Waals surface area (Å²) in [5.74, 6) is 0.495. The number of methoxy groups -OCH3 is 1. The topological polar surface area (TPSA) is 74.4 Å². The number of carbonyl (C=O) groups excluding carboxylic acids is 2. The minimum absolute atomic E-state index is 0.148. The van der Waals surface area contributed by atoms with Crippen molar-refractivity contribution in [2.75, 3.05) is 18.6 Å². The number of hydrogen-bond acceptors (Lipinski definition) is 4. The van der Waals surface area contributed by atoms with Gasteiger partial charge in [0.05, 0.1) is 25.3 Å². The molecule has 2 aromatic carbocycles. The van der Waals surface area contributed by atoms with E-state index in [0.717, 1.165) is 40.6 Å². The van der Waals surface area contributed by atoms with Crippen LogP contribution in [0.3, 0.4) is 0 Å². The van der Waals surface area contributed by atoms with E-state index in [0.29, 0.717) is 12.2 Å². The molecule has 2 heterocycles. The van der Waals surface area contributed by atoms with Gasteiger partial charge in [-0.3, -0.25) is 9.59 Å². The molecular weight excluding hydrogens is 366 g/mol. The number of anilines is 1. The van der Waals surface area contributed by atoms with Crippen molar-refractivity contribution in [2.45, 2.75) is 32.2 Å². The first-order valence-electron chi connectivity index (χ1n) is 9.94. The number of ether oxygens (including phenoxy) is 1. The van der Waals surface area contributed by atoms with Crippen LogP contribution in [0.1, 0.15) is 24.5 Å². The Morgan fingerprint density at radius 1 is 1.17 bits per heavy atom. The normalized spacial score (nSPS) is 16.8. The van der Waals surface area contributed by atoms with Crippen molar-refractivity contribution in [2.24, 2.45) is 0 Å². The lowest BCUT2D eigenvalue weighted by Crippen LogP contribution is -2.39. The van der Waals surface area contributed by atoms with E-state index in [1.165, 1.54) is 4.90 Å². The molecular formula is C23H25N3O3. The largest absolute Gasteiger partial charge is 0.497 e. The predicted octanol–water partition coefficient (Wildman–Crippen LogP) is 3.20. The molecule has 0 radical (unpaired) electrons. The predicted molar refractivity (Wildman–Crippen MR) is 113 cm³/mol. The number of hydrogen-bond donors (Lipinski definition) is 2. The molecule has 29 heavy (non-hydrogen) atoms. The zero-order valence-electron chi connectivity index (χ0n) is 16.7. The Labute approximate surface area is 169 Å². The van der Waals surface area contributed by atoms with E-state index in [4.69, 9.17) is 4.74 Å². The summed E-state index contributed by atoms with van der Waals surface area (Å²) in [6.45, 7) is 2.63. The molecule has 6 nitrogen and oxygen atoms in total. The van der Waals surface area contributed by atoms with Crippen LogP contribution in [-0.2, 0) is 22.4 Å². The second-order valence-electron chi connectivity index (χ2n) is 7.24. The zero-order chi connectivity index (χ0) is 20.4. The average Bonchev–Trinajstić information content (AvgIpc) is 3.27. The fourth-order valence-electron chi connectivity index (χ4n) is 3.94. The first-order chi connectivity index (χ1) is 14.1. The summed E-state index contributed by atoms with van der Waals surface area (Å²) in [4.78, 5) is 30.0. The van der Waals surface area contributed by atoms with Gasteiger partial charge in [-0.05, 0) is 48.2 Å². The number of rotatable bonds is 7. The van der Waals surface area contributed by atoms with Crippen molar-refractivity contribution in [3.8, 4) is 5.75 Å². The number of nitrogens with zero attached hydrogens (tertiary/aromatic N) is 1. The van der Waals surface area contributed by atoms with E-state index in [1.54, 1.807) is 7.11 Å². The van der Waals surface area contributed by atoms with Gasteiger partial charge in [-0.2, -0.15) is 0 Å². The summed E-state index contributed by atoms with van der Waals surface area (Å²) >= 11 is 0. The number of amides is 2. The summed E-state index contributed by atoms with van der Waals surface area (Å²) in [5.41, 5.74) is 3.91. The number of carbonyl (C=O) groups is 2. The fraction of sp³-hybridized carbons (Fsp3) is 0.304. The van der Waals surface area contributed by atoms with Crippen molar-refractivity contribution in [1.82, 2.24) is 10.3 Å². The highest BCUT2D eigenvalue weighted by atomic mass is 16.5. The highest BCUT2D eigenvalue weighted by Crippen LogP contribution is 2.27. The Bertz CT molecular complexity index is 1060. The first-order valence-corrected chi connectivity index (χ1v) is 9.94. The van der Waals surface area contributed by atoms with Crippen LogP contribution in [0.5, 0.6) is 5.75 Å². The van der Waals surface area contributed by atoms with Crippen molar-refractivity contribution < 1.29 is 14.3 Å². The van der Waals surface area contributed by atoms with Crippen LogP contribution in [-0.4, -0.2) is 36.5 Å². The van der Waals surface area contributed by atoms with E-state index < -0.39 is 6.04 Å². The summed E-state index contributed by atoms with van der Waals surface area (Å²) in [6.07, 6.45) is 3.70. The molecule has 1 atom stereocenters. The maximum atomic E-state index is 12.9. The molecule has 2 amide bonds. The molecule has 3 aromatic rings. The number of aromatic amines is 1. The van der Waals surface area contributed by atoms with Crippen molar-refractivity contribution in [1.29, 1.82) is 0 Å². The fourth-order valence-corrected chi connectivity index (χ4v) is 3.94. The molecule has 1 fully saturated rings.